The fourth-order valence-corrected chi connectivity index (χ4v) is 5.50. The molecule has 5 rings (SSSR count). The summed E-state index contributed by atoms with van der Waals surface area (Å²) in [5, 5.41) is 27.9. The fourth-order valence-electron chi connectivity index (χ4n) is 5.50. The SMILES string of the molecule is C.O=C(O)[C@@H](O)Cc1ccc(C2=CCCCC2)c(F)c1.O=C(OCc1ccccc1)[C@@H](O)Cc1ccc(C2=CCCCC2)c(F)c1. The van der Waals surface area contributed by atoms with Gasteiger partial charge in [-0.2, -0.15) is 0 Å². The maximum atomic E-state index is 14.4. The number of aliphatic hydroxyl groups is 2. The standard InChI is InChI=1S/C22H23FO3.C15H17FO3.CH4/c23-20-13-17(11-12-19(20)18-9-5-2-6-10-18)14-21(24)22(25)26-15-16-7-3-1-4-8-16;16-13-8-10(9-14(17)15(18)19)6-7-12(13)11-4-2-1-3-5-11;/h1,3-4,7-9,11-13,21,24H,2,5-6,10,14-15H2;4,6-8,14,17H,1-3,5,9H2,(H,18,19);1H4/t21-;14-;/m00./s1. The molecule has 0 radical (unpaired) electrons. The van der Waals surface area contributed by atoms with Crippen molar-refractivity contribution in [2.45, 2.75) is 90.4 Å². The van der Waals surface area contributed by atoms with Crippen LogP contribution in [0.4, 0.5) is 8.78 Å². The number of aliphatic carboxylic acids is 1. The Morgan fingerprint density at radius 2 is 1.20 bits per heavy atom. The third kappa shape index (κ3) is 10.7. The number of esters is 1. The molecule has 8 heteroatoms. The number of carbonyl (C=O) groups excluding carboxylic acids is 1. The number of hydrogen-bond acceptors (Lipinski definition) is 5. The van der Waals surface area contributed by atoms with Gasteiger partial charge in [0.1, 0.15) is 18.2 Å². The van der Waals surface area contributed by atoms with Crippen molar-refractivity contribution < 1.29 is 38.4 Å². The maximum Gasteiger partial charge on any atom is 0.335 e. The zero-order valence-electron chi connectivity index (χ0n) is 25.3. The molecule has 2 aliphatic carbocycles. The lowest BCUT2D eigenvalue weighted by Crippen LogP contribution is -2.25. The van der Waals surface area contributed by atoms with E-state index in [1.807, 2.05) is 30.3 Å². The molecule has 0 bridgehead atoms. The van der Waals surface area contributed by atoms with Crippen LogP contribution in [0.25, 0.3) is 11.1 Å². The van der Waals surface area contributed by atoms with Crippen LogP contribution >= 0.6 is 0 Å². The topological polar surface area (TPSA) is 104 Å². The number of carboxylic acid groups (broad SMARTS) is 1. The predicted molar refractivity (Wildman–Crippen MR) is 176 cm³/mol. The Balaban J connectivity index is 0.000000257. The van der Waals surface area contributed by atoms with Crippen LogP contribution in [0.1, 0.15) is 86.6 Å². The van der Waals surface area contributed by atoms with Gasteiger partial charge in [0.05, 0.1) is 0 Å². The molecular weight excluding hydrogens is 590 g/mol. The number of allylic oxidation sites excluding steroid dienone is 4. The number of aliphatic hydroxyl groups excluding tert-OH is 2. The van der Waals surface area contributed by atoms with Gasteiger partial charge >= 0.3 is 11.9 Å². The molecule has 2 atom stereocenters. The third-order valence-electron chi connectivity index (χ3n) is 7.98. The molecule has 0 amide bonds. The zero-order chi connectivity index (χ0) is 32.2. The van der Waals surface area contributed by atoms with Gasteiger partial charge < -0.3 is 20.1 Å². The van der Waals surface area contributed by atoms with E-state index in [-0.39, 0.29) is 38.5 Å². The van der Waals surface area contributed by atoms with Crippen LogP contribution in [-0.4, -0.2) is 39.5 Å². The zero-order valence-corrected chi connectivity index (χ0v) is 25.3. The average molecular weight is 635 g/mol. The van der Waals surface area contributed by atoms with E-state index in [0.29, 0.717) is 22.3 Å². The highest BCUT2D eigenvalue weighted by atomic mass is 19.1. The quantitative estimate of drug-likeness (QED) is 0.196. The summed E-state index contributed by atoms with van der Waals surface area (Å²) in [4.78, 5) is 22.5. The van der Waals surface area contributed by atoms with Gasteiger partial charge in [-0.05, 0) is 91.3 Å². The molecular formula is C38H44F2O6. The summed E-state index contributed by atoms with van der Waals surface area (Å²) in [5.41, 5.74) is 5.20. The molecule has 0 saturated heterocycles. The molecule has 0 aromatic heterocycles. The minimum absolute atomic E-state index is 0. The van der Waals surface area contributed by atoms with Crippen molar-refractivity contribution in [3.63, 3.8) is 0 Å². The van der Waals surface area contributed by atoms with Gasteiger partial charge in [0.15, 0.2) is 12.2 Å². The van der Waals surface area contributed by atoms with Gasteiger partial charge in [-0.25, -0.2) is 18.4 Å². The van der Waals surface area contributed by atoms with Gasteiger partial charge in [0.2, 0.25) is 0 Å². The van der Waals surface area contributed by atoms with E-state index >= 15 is 0 Å². The van der Waals surface area contributed by atoms with Crippen LogP contribution in [0.5, 0.6) is 0 Å². The highest BCUT2D eigenvalue weighted by Gasteiger charge is 2.19. The Hall–Kier alpha value is -4.14. The van der Waals surface area contributed by atoms with Crippen LogP contribution in [-0.2, 0) is 33.8 Å². The largest absolute Gasteiger partial charge is 0.479 e. The second kappa shape index (κ2) is 18.1. The molecule has 3 aromatic carbocycles. The van der Waals surface area contributed by atoms with Crippen LogP contribution in [0.2, 0.25) is 0 Å². The van der Waals surface area contributed by atoms with E-state index in [1.165, 1.54) is 12.1 Å². The summed E-state index contributed by atoms with van der Waals surface area (Å²) < 4.78 is 33.6. The lowest BCUT2D eigenvalue weighted by atomic mass is 9.92. The van der Waals surface area contributed by atoms with Gasteiger partial charge in [-0.3, -0.25) is 0 Å². The molecule has 0 heterocycles. The van der Waals surface area contributed by atoms with Crippen molar-refractivity contribution >= 4 is 23.1 Å². The molecule has 46 heavy (non-hydrogen) atoms. The van der Waals surface area contributed by atoms with Crippen molar-refractivity contribution in [3.05, 3.63) is 118 Å². The number of halogens is 2. The minimum atomic E-state index is -1.49. The molecule has 0 aliphatic heterocycles. The molecule has 3 aromatic rings. The second-order valence-electron chi connectivity index (χ2n) is 11.5. The van der Waals surface area contributed by atoms with Crippen LogP contribution in [0.15, 0.2) is 78.9 Å². The van der Waals surface area contributed by atoms with Crippen molar-refractivity contribution in [2.24, 2.45) is 0 Å². The second-order valence-corrected chi connectivity index (χ2v) is 11.5. The first kappa shape index (κ1) is 36.3. The number of rotatable bonds is 10. The summed E-state index contributed by atoms with van der Waals surface area (Å²) >= 11 is 0. The van der Waals surface area contributed by atoms with E-state index in [4.69, 9.17) is 9.84 Å². The summed E-state index contributed by atoms with van der Waals surface area (Å²) in [6, 6.07) is 18.8. The van der Waals surface area contributed by atoms with E-state index in [1.54, 1.807) is 24.3 Å². The van der Waals surface area contributed by atoms with E-state index in [0.717, 1.165) is 68.1 Å². The van der Waals surface area contributed by atoms with Crippen molar-refractivity contribution in [2.75, 3.05) is 0 Å². The predicted octanol–water partition coefficient (Wildman–Crippen LogP) is 7.84. The molecule has 3 N–H and O–H groups in total. The normalized spacial score (nSPS) is 15.6. The first-order valence-electron chi connectivity index (χ1n) is 15.5. The highest BCUT2D eigenvalue weighted by molar-refractivity contribution is 5.75. The molecule has 0 unspecified atom stereocenters. The maximum absolute atomic E-state index is 14.4. The Morgan fingerprint density at radius 3 is 1.63 bits per heavy atom. The van der Waals surface area contributed by atoms with Crippen molar-refractivity contribution in [1.82, 2.24) is 0 Å². The van der Waals surface area contributed by atoms with Crippen molar-refractivity contribution in [3.8, 4) is 0 Å². The lowest BCUT2D eigenvalue weighted by Gasteiger charge is -2.15. The highest BCUT2D eigenvalue weighted by Crippen LogP contribution is 2.30. The number of hydrogen-bond donors (Lipinski definition) is 3. The van der Waals surface area contributed by atoms with Gasteiger partial charge in [-0.15, -0.1) is 0 Å². The lowest BCUT2D eigenvalue weighted by molar-refractivity contribution is -0.154. The minimum Gasteiger partial charge on any atom is -0.479 e. The monoisotopic (exact) mass is 634 g/mol. The summed E-state index contributed by atoms with van der Waals surface area (Å²) in [6.45, 7) is 0.109. The number of benzene rings is 3. The summed E-state index contributed by atoms with van der Waals surface area (Å²) in [6.07, 6.45) is 9.52. The Bertz CT molecular complexity index is 1510. The summed E-state index contributed by atoms with van der Waals surface area (Å²) in [5.74, 6) is -2.64. The third-order valence-corrected chi connectivity index (χ3v) is 7.98. The molecule has 6 nitrogen and oxygen atoms in total. The number of carbonyl (C=O) groups is 2. The average Bonchev–Trinajstić information content (AvgIpc) is 3.05. The smallest absolute Gasteiger partial charge is 0.335 e. The first-order chi connectivity index (χ1) is 21.7. The van der Waals surface area contributed by atoms with Crippen LogP contribution < -0.4 is 0 Å². The fraction of sp³-hybridized carbons (Fsp3) is 0.368. The number of ether oxygens (including phenoxy) is 1. The molecule has 2 aliphatic rings. The van der Waals surface area contributed by atoms with Gasteiger partial charge in [-0.1, -0.05) is 74.2 Å². The van der Waals surface area contributed by atoms with Crippen LogP contribution in [0, 0.1) is 11.6 Å². The molecule has 0 spiro atoms. The van der Waals surface area contributed by atoms with Crippen LogP contribution in [0.3, 0.4) is 0 Å². The molecule has 0 fully saturated rings. The first-order valence-corrected chi connectivity index (χ1v) is 15.5. The van der Waals surface area contributed by atoms with E-state index in [9.17, 15) is 28.6 Å². The Morgan fingerprint density at radius 1 is 0.696 bits per heavy atom. The Labute approximate surface area is 270 Å². The van der Waals surface area contributed by atoms with E-state index in [2.05, 4.69) is 12.2 Å². The number of carboxylic acids is 1. The van der Waals surface area contributed by atoms with Gasteiger partial charge in [0.25, 0.3) is 0 Å². The molecule has 246 valence electrons. The molecule has 0 saturated carbocycles. The van der Waals surface area contributed by atoms with Crippen molar-refractivity contribution in [1.29, 1.82) is 0 Å². The summed E-state index contributed by atoms with van der Waals surface area (Å²) in [7, 11) is 0. The van der Waals surface area contributed by atoms with E-state index < -0.39 is 24.1 Å². The Kier molecular flexibility index (Phi) is 14.3. The van der Waals surface area contributed by atoms with Gasteiger partial charge in [0, 0.05) is 24.0 Å².